The zero-order valence-electron chi connectivity index (χ0n) is 15.2. The van der Waals surface area contributed by atoms with Gasteiger partial charge in [0.25, 0.3) is 5.69 Å². The number of carbonyl (C=O) groups is 2. The smallest absolute Gasteiger partial charge is 0.293 e. The molecule has 1 aromatic carbocycles. The van der Waals surface area contributed by atoms with Gasteiger partial charge in [0.15, 0.2) is 0 Å². The van der Waals surface area contributed by atoms with E-state index >= 15 is 0 Å². The van der Waals surface area contributed by atoms with Gasteiger partial charge in [0.2, 0.25) is 11.8 Å². The Labute approximate surface area is 152 Å². The number of benzene rings is 1. The second kappa shape index (κ2) is 7.41. The molecule has 1 heterocycles. The summed E-state index contributed by atoms with van der Waals surface area (Å²) in [6.07, 6.45) is 1.99. The molecule has 3 rings (SSSR count). The van der Waals surface area contributed by atoms with E-state index in [0.29, 0.717) is 26.2 Å². The second-order valence-corrected chi connectivity index (χ2v) is 7.13. The van der Waals surface area contributed by atoms with Crippen LogP contribution in [0.25, 0.3) is 0 Å². The highest BCUT2D eigenvalue weighted by molar-refractivity contribution is 5.94. The van der Waals surface area contributed by atoms with E-state index in [-0.39, 0.29) is 35.7 Å². The van der Waals surface area contributed by atoms with Gasteiger partial charge in [-0.2, -0.15) is 0 Å². The Balaban J connectivity index is 1.55. The monoisotopic (exact) mass is 360 g/mol. The van der Waals surface area contributed by atoms with E-state index in [1.807, 2.05) is 16.7 Å². The Hall–Kier alpha value is -2.48. The molecular formula is C18H24N4O4. The molecule has 140 valence electrons. The highest BCUT2D eigenvalue weighted by Gasteiger charge is 2.34. The first-order valence-electron chi connectivity index (χ1n) is 8.92. The van der Waals surface area contributed by atoms with Crippen molar-refractivity contribution in [1.82, 2.24) is 9.80 Å². The summed E-state index contributed by atoms with van der Waals surface area (Å²) in [6.45, 7) is 6.36. The first-order chi connectivity index (χ1) is 12.3. The lowest BCUT2D eigenvalue weighted by molar-refractivity contribution is -0.384. The van der Waals surface area contributed by atoms with Crippen molar-refractivity contribution in [3.8, 4) is 0 Å². The van der Waals surface area contributed by atoms with Crippen LogP contribution in [0.3, 0.4) is 0 Å². The molecule has 0 spiro atoms. The van der Waals surface area contributed by atoms with Gasteiger partial charge >= 0.3 is 0 Å². The molecule has 0 bridgehead atoms. The normalized spacial score (nSPS) is 17.8. The number of carbonyl (C=O) groups excluding carboxylic acids is 2. The van der Waals surface area contributed by atoms with Gasteiger partial charge in [0.05, 0.1) is 11.5 Å². The molecular weight excluding hydrogens is 336 g/mol. The lowest BCUT2D eigenvalue weighted by Gasteiger charge is -2.34. The van der Waals surface area contributed by atoms with E-state index in [0.717, 1.165) is 24.0 Å². The van der Waals surface area contributed by atoms with Crippen molar-refractivity contribution in [1.29, 1.82) is 0 Å². The summed E-state index contributed by atoms with van der Waals surface area (Å²) >= 11 is 0. The minimum Gasteiger partial charge on any atom is -0.340 e. The van der Waals surface area contributed by atoms with Crippen LogP contribution in [0.2, 0.25) is 0 Å². The molecule has 1 aliphatic heterocycles. The molecule has 0 atom stereocenters. The third-order valence-corrected chi connectivity index (χ3v) is 5.06. The zero-order valence-corrected chi connectivity index (χ0v) is 15.2. The average molecular weight is 360 g/mol. The number of nitro groups is 1. The number of nitro benzene ring substituents is 1. The van der Waals surface area contributed by atoms with Crippen molar-refractivity contribution in [2.45, 2.75) is 26.7 Å². The van der Waals surface area contributed by atoms with Crippen LogP contribution in [0, 0.1) is 29.9 Å². The van der Waals surface area contributed by atoms with Crippen LogP contribution in [-0.2, 0) is 9.59 Å². The van der Waals surface area contributed by atoms with E-state index < -0.39 is 4.92 Å². The van der Waals surface area contributed by atoms with E-state index in [9.17, 15) is 19.7 Å². The van der Waals surface area contributed by atoms with Gasteiger partial charge in [-0.05, 0) is 43.9 Å². The molecule has 0 aromatic heterocycles. The second-order valence-electron chi connectivity index (χ2n) is 7.13. The molecule has 8 heteroatoms. The zero-order chi connectivity index (χ0) is 18.8. The molecule has 0 unspecified atom stereocenters. The molecule has 0 radical (unpaired) electrons. The molecule has 1 aliphatic carbocycles. The van der Waals surface area contributed by atoms with Crippen molar-refractivity contribution in [2.75, 3.05) is 38.0 Å². The third-order valence-electron chi connectivity index (χ3n) is 5.06. The summed E-state index contributed by atoms with van der Waals surface area (Å²) in [5.41, 5.74) is 1.83. The van der Waals surface area contributed by atoms with E-state index in [1.54, 1.807) is 13.0 Å². The van der Waals surface area contributed by atoms with Crippen molar-refractivity contribution < 1.29 is 14.5 Å². The highest BCUT2D eigenvalue weighted by atomic mass is 16.6. The topological polar surface area (TPSA) is 95.8 Å². The van der Waals surface area contributed by atoms with Gasteiger partial charge < -0.3 is 10.2 Å². The van der Waals surface area contributed by atoms with Crippen LogP contribution in [0.5, 0.6) is 0 Å². The number of nitrogens with zero attached hydrogens (tertiary/aromatic N) is 3. The molecule has 1 saturated heterocycles. The number of anilines is 1. The lowest BCUT2D eigenvalue weighted by atomic mass is 10.1. The van der Waals surface area contributed by atoms with Crippen LogP contribution in [-0.4, -0.2) is 59.3 Å². The first-order valence-corrected chi connectivity index (χ1v) is 8.92. The van der Waals surface area contributed by atoms with Crippen LogP contribution in [0.1, 0.15) is 24.0 Å². The summed E-state index contributed by atoms with van der Waals surface area (Å²) in [7, 11) is 0. The van der Waals surface area contributed by atoms with Gasteiger partial charge in [0, 0.05) is 38.2 Å². The van der Waals surface area contributed by atoms with Crippen molar-refractivity contribution in [3.63, 3.8) is 0 Å². The minimum atomic E-state index is -0.482. The molecule has 26 heavy (non-hydrogen) atoms. The van der Waals surface area contributed by atoms with Gasteiger partial charge in [-0.25, -0.2) is 0 Å². The van der Waals surface area contributed by atoms with Crippen LogP contribution < -0.4 is 5.32 Å². The van der Waals surface area contributed by atoms with Crippen LogP contribution >= 0.6 is 0 Å². The number of rotatable bonds is 5. The number of aryl methyl sites for hydroxylation is 2. The van der Waals surface area contributed by atoms with Gasteiger partial charge in [-0.15, -0.1) is 0 Å². The molecule has 2 aliphatic rings. The maximum Gasteiger partial charge on any atom is 0.293 e. The fraction of sp³-hybridized carbons (Fsp3) is 0.556. The Kier molecular flexibility index (Phi) is 5.22. The predicted octanol–water partition coefficient (Wildman–Crippen LogP) is 1.70. The fourth-order valence-corrected chi connectivity index (χ4v) is 3.16. The van der Waals surface area contributed by atoms with E-state index in [2.05, 4.69) is 5.32 Å². The molecule has 1 saturated carbocycles. The fourth-order valence-electron chi connectivity index (χ4n) is 3.16. The summed E-state index contributed by atoms with van der Waals surface area (Å²) in [5, 5.41) is 13.9. The van der Waals surface area contributed by atoms with Crippen molar-refractivity contribution in [2.24, 2.45) is 5.92 Å². The average Bonchev–Trinajstić information content (AvgIpc) is 3.42. The molecule has 8 nitrogen and oxygen atoms in total. The number of hydrogen-bond donors (Lipinski definition) is 1. The van der Waals surface area contributed by atoms with Gasteiger partial charge in [-0.1, -0.05) is 0 Å². The highest BCUT2D eigenvalue weighted by Crippen LogP contribution is 2.31. The quantitative estimate of drug-likeness (QED) is 0.637. The minimum absolute atomic E-state index is 0.0960. The summed E-state index contributed by atoms with van der Waals surface area (Å²) in [4.78, 5) is 39.0. The summed E-state index contributed by atoms with van der Waals surface area (Å²) < 4.78 is 0. The van der Waals surface area contributed by atoms with Gasteiger partial charge in [-0.3, -0.25) is 24.6 Å². The molecule has 2 fully saturated rings. The largest absolute Gasteiger partial charge is 0.340 e. The Morgan fingerprint density at radius 1 is 1.15 bits per heavy atom. The number of piperazine rings is 1. The molecule has 1 N–H and O–H groups in total. The number of hydrogen-bond acceptors (Lipinski definition) is 5. The SMILES string of the molecule is Cc1cc(NC(=O)CN2CCN(C(=O)C3CC3)CC2)c([N+](=O)[O-])cc1C. The number of amides is 2. The maximum atomic E-state index is 12.3. The van der Waals surface area contributed by atoms with Gasteiger partial charge in [0.1, 0.15) is 5.69 Å². The third kappa shape index (κ3) is 4.19. The van der Waals surface area contributed by atoms with Crippen molar-refractivity contribution in [3.05, 3.63) is 33.4 Å². The first kappa shape index (κ1) is 18.3. The predicted molar refractivity (Wildman–Crippen MR) is 96.9 cm³/mol. The molecule has 1 aromatic rings. The van der Waals surface area contributed by atoms with E-state index in [1.165, 1.54) is 6.07 Å². The summed E-state index contributed by atoms with van der Waals surface area (Å²) in [6, 6.07) is 3.12. The standard InChI is InChI=1S/C18H24N4O4/c1-12-9-15(16(22(25)26)10-13(12)2)19-17(23)11-20-5-7-21(8-6-20)18(24)14-3-4-14/h9-10,14H,3-8,11H2,1-2H3,(H,19,23). The van der Waals surface area contributed by atoms with Crippen molar-refractivity contribution >= 4 is 23.2 Å². The van der Waals surface area contributed by atoms with Crippen LogP contribution in [0.15, 0.2) is 12.1 Å². The van der Waals surface area contributed by atoms with E-state index in [4.69, 9.17) is 0 Å². The Morgan fingerprint density at radius 3 is 2.35 bits per heavy atom. The number of nitrogens with one attached hydrogen (secondary N) is 1. The Morgan fingerprint density at radius 2 is 1.77 bits per heavy atom. The van der Waals surface area contributed by atoms with Crippen LogP contribution in [0.4, 0.5) is 11.4 Å². The molecule has 2 amide bonds. The lowest BCUT2D eigenvalue weighted by Crippen LogP contribution is -2.50. The maximum absolute atomic E-state index is 12.3. The Bertz CT molecular complexity index is 737. The summed E-state index contributed by atoms with van der Waals surface area (Å²) in [5.74, 6) is 0.174.